The summed E-state index contributed by atoms with van der Waals surface area (Å²) in [5.41, 5.74) is -0.605. The second kappa shape index (κ2) is 11.3. The van der Waals surface area contributed by atoms with E-state index in [4.69, 9.17) is 4.74 Å². The van der Waals surface area contributed by atoms with Gasteiger partial charge in [0.1, 0.15) is 5.54 Å². The molecule has 2 saturated heterocycles. The first-order valence-corrected chi connectivity index (χ1v) is 8.89. The van der Waals surface area contributed by atoms with Crippen LogP contribution in [0.25, 0.3) is 0 Å². The monoisotopic (exact) mass is 412 g/mol. The standard InChI is InChI=1S/C17H32N4O3.2ClH/c1-18-16(23)17(7-12-24-13-8-17)21-9-5-6-14(21)15(22)20(4)11-10-19(2)3;;/h14H,5-13H2,1-4H3,(H,18,23);2*1H/t14-;;/m0../s1. The highest BCUT2D eigenvalue weighted by molar-refractivity contribution is 5.88. The van der Waals surface area contributed by atoms with Crippen molar-refractivity contribution in [3.8, 4) is 0 Å². The van der Waals surface area contributed by atoms with Crippen molar-refractivity contribution in [2.24, 2.45) is 0 Å². The quantitative estimate of drug-likeness (QED) is 0.692. The normalized spacial score (nSPS) is 22.3. The molecule has 7 nitrogen and oxygen atoms in total. The van der Waals surface area contributed by atoms with E-state index < -0.39 is 5.54 Å². The molecule has 0 aromatic heterocycles. The maximum absolute atomic E-state index is 13.0. The van der Waals surface area contributed by atoms with Crippen LogP contribution in [0.4, 0.5) is 0 Å². The predicted molar refractivity (Wildman–Crippen MR) is 107 cm³/mol. The fourth-order valence-corrected chi connectivity index (χ4v) is 3.84. The van der Waals surface area contributed by atoms with Crippen LogP contribution >= 0.6 is 24.8 Å². The van der Waals surface area contributed by atoms with Crippen molar-refractivity contribution in [2.45, 2.75) is 37.3 Å². The molecule has 0 aromatic carbocycles. The molecule has 0 spiro atoms. The van der Waals surface area contributed by atoms with Gasteiger partial charge < -0.3 is 19.9 Å². The summed E-state index contributed by atoms with van der Waals surface area (Å²) in [5, 5.41) is 2.81. The van der Waals surface area contributed by atoms with E-state index in [9.17, 15) is 9.59 Å². The molecule has 2 rings (SSSR count). The number of amides is 2. The number of rotatable bonds is 6. The highest BCUT2D eigenvalue weighted by Gasteiger charge is 2.50. The van der Waals surface area contributed by atoms with Gasteiger partial charge in [-0.25, -0.2) is 0 Å². The Morgan fingerprint density at radius 2 is 1.77 bits per heavy atom. The van der Waals surface area contributed by atoms with Gasteiger partial charge in [0.25, 0.3) is 0 Å². The molecule has 2 aliphatic rings. The average Bonchev–Trinajstić information content (AvgIpc) is 3.08. The van der Waals surface area contributed by atoms with Crippen LogP contribution in [0.15, 0.2) is 0 Å². The zero-order valence-corrected chi connectivity index (χ0v) is 18.0. The number of nitrogens with zero attached hydrogens (tertiary/aromatic N) is 3. The zero-order valence-electron chi connectivity index (χ0n) is 16.3. The van der Waals surface area contributed by atoms with Crippen molar-refractivity contribution in [3.05, 3.63) is 0 Å². The van der Waals surface area contributed by atoms with Crippen molar-refractivity contribution >= 4 is 36.6 Å². The summed E-state index contributed by atoms with van der Waals surface area (Å²) in [6.45, 7) is 3.48. The van der Waals surface area contributed by atoms with E-state index in [2.05, 4.69) is 15.1 Å². The number of halogens is 2. The number of nitrogens with one attached hydrogen (secondary N) is 1. The fourth-order valence-electron chi connectivity index (χ4n) is 3.84. The summed E-state index contributed by atoms with van der Waals surface area (Å²) >= 11 is 0. The summed E-state index contributed by atoms with van der Waals surface area (Å²) in [6.07, 6.45) is 3.08. The Kier molecular flexibility index (Phi) is 11.0. The first-order chi connectivity index (χ1) is 11.4. The van der Waals surface area contributed by atoms with Crippen LogP contribution in [-0.4, -0.2) is 99.1 Å². The maximum atomic E-state index is 13.0. The maximum Gasteiger partial charge on any atom is 0.240 e. The minimum absolute atomic E-state index is 0. The molecular weight excluding hydrogens is 379 g/mol. The lowest BCUT2D eigenvalue weighted by atomic mass is 9.86. The summed E-state index contributed by atoms with van der Waals surface area (Å²) in [4.78, 5) is 31.7. The van der Waals surface area contributed by atoms with Crippen LogP contribution in [0.1, 0.15) is 25.7 Å². The molecule has 9 heteroatoms. The van der Waals surface area contributed by atoms with Crippen molar-refractivity contribution in [2.75, 3.05) is 61.0 Å². The minimum Gasteiger partial charge on any atom is -0.381 e. The van der Waals surface area contributed by atoms with Crippen molar-refractivity contribution < 1.29 is 14.3 Å². The van der Waals surface area contributed by atoms with Gasteiger partial charge in [-0.2, -0.15) is 0 Å². The van der Waals surface area contributed by atoms with E-state index in [0.29, 0.717) is 32.6 Å². The van der Waals surface area contributed by atoms with Gasteiger partial charge in [-0.05, 0) is 39.8 Å². The van der Waals surface area contributed by atoms with Crippen LogP contribution in [0.3, 0.4) is 0 Å². The van der Waals surface area contributed by atoms with Crippen LogP contribution in [0.5, 0.6) is 0 Å². The Morgan fingerprint density at radius 3 is 2.31 bits per heavy atom. The van der Waals surface area contributed by atoms with Crippen molar-refractivity contribution in [3.63, 3.8) is 0 Å². The lowest BCUT2D eigenvalue weighted by Gasteiger charge is -2.45. The molecule has 0 aromatic rings. The van der Waals surface area contributed by atoms with Crippen LogP contribution in [0, 0.1) is 0 Å². The number of carbonyl (C=O) groups excluding carboxylic acids is 2. The molecule has 0 radical (unpaired) electrons. The van der Waals surface area contributed by atoms with E-state index in [-0.39, 0.29) is 42.7 Å². The zero-order chi connectivity index (χ0) is 17.7. The molecule has 2 fully saturated rings. The molecule has 1 atom stereocenters. The molecule has 26 heavy (non-hydrogen) atoms. The summed E-state index contributed by atoms with van der Waals surface area (Å²) in [6, 6.07) is -0.201. The molecule has 0 unspecified atom stereocenters. The Balaban J connectivity index is 0.00000312. The molecule has 2 aliphatic heterocycles. The van der Waals surface area contributed by atoms with Gasteiger partial charge in [-0.15, -0.1) is 24.8 Å². The Morgan fingerprint density at radius 1 is 1.15 bits per heavy atom. The average molecular weight is 413 g/mol. The number of likely N-dealkylation sites (N-methyl/N-ethyl adjacent to an activating group) is 3. The van der Waals surface area contributed by atoms with Gasteiger partial charge in [0.05, 0.1) is 6.04 Å². The highest BCUT2D eigenvalue weighted by Crippen LogP contribution is 2.35. The van der Waals surface area contributed by atoms with E-state index in [0.717, 1.165) is 25.9 Å². The molecule has 2 amide bonds. The molecule has 2 heterocycles. The summed E-state index contributed by atoms with van der Waals surface area (Å²) < 4.78 is 5.48. The van der Waals surface area contributed by atoms with E-state index in [1.807, 2.05) is 21.1 Å². The molecule has 0 aliphatic carbocycles. The van der Waals surface area contributed by atoms with Gasteiger partial charge in [0.15, 0.2) is 0 Å². The Hall–Kier alpha value is -0.600. The molecule has 0 saturated carbocycles. The number of carbonyl (C=O) groups is 2. The van der Waals surface area contributed by atoms with Crippen LogP contribution in [0.2, 0.25) is 0 Å². The fraction of sp³-hybridized carbons (Fsp3) is 0.882. The lowest BCUT2D eigenvalue weighted by Crippen LogP contribution is -2.64. The first-order valence-electron chi connectivity index (χ1n) is 8.89. The number of ether oxygens (including phenoxy) is 1. The van der Waals surface area contributed by atoms with Gasteiger partial charge in [0.2, 0.25) is 11.8 Å². The summed E-state index contributed by atoms with van der Waals surface area (Å²) in [5.74, 6) is 0.144. The highest BCUT2D eigenvalue weighted by atomic mass is 35.5. The predicted octanol–water partition coefficient (Wildman–Crippen LogP) is 0.610. The Labute approximate surface area is 169 Å². The van der Waals surface area contributed by atoms with Crippen LogP contribution in [-0.2, 0) is 14.3 Å². The summed E-state index contributed by atoms with van der Waals surface area (Å²) in [7, 11) is 7.54. The van der Waals surface area contributed by atoms with Gasteiger partial charge in [-0.1, -0.05) is 0 Å². The second-order valence-corrected chi connectivity index (χ2v) is 7.14. The topological polar surface area (TPSA) is 65.1 Å². The molecule has 154 valence electrons. The lowest BCUT2D eigenvalue weighted by molar-refractivity contribution is -0.148. The van der Waals surface area contributed by atoms with Gasteiger partial charge in [0, 0.05) is 46.9 Å². The van der Waals surface area contributed by atoms with Crippen molar-refractivity contribution in [1.29, 1.82) is 0 Å². The third kappa shape index (κ3) is 5.45. The second-order valence-electron chi connectivity index (χ2n) is 7.14. The van der Waals surface area contributed by atoms with E-state index in [1.54, 1.807) is 11.9 Å². The van der Waals surface area contributed by atoms with Gasteiger partial charge in [-0.3, -0.25) is 14.5 Å². The molecule has 0 bridgehead atoms. The first kappa shape index (κ1) is 25.4. The smallest absolute Gasteiger partial charge is 0.240 e. The number of hydrogen-bond acceptors (Lipinski definition) is 5. The van der Waals surface area contributed by atoms with E-state index in [1.165, 1.54) is 0 Å². The number of hydrogen-bond donors (Lipinski definition) is 1. The van der Waals surface area contributed by atoms with Crippen molar-refractivity contribution in [1.82, 2.24) is 20.0 Å². The molecule has 1 N–H and O–H groups in total. The Bertz CT molecular complexity index is 459. The van der Waals surface area contributed by atoms with Crippen LogP contribution < -0.4 is 5.32 Å². The molecular formula is C17H34Cl2N4O3. The third-order valence-corrected chi connectivity index (χ3v) is 5.32. The SMILES string of the molecule is CNC(=O)C1(N2CCC[C@H]2C(=O)N(C)CCN(C)C)CCOCC1.Cl.Cl. The number of likely N-dealkylation sites (tertiary alicyclic amines) is 1. The minimum atomic E-state index is -0.605. The van der Waals surface area contributed by atoms with E-state index >= 15 is 0 Å². The van der Waals surface area contributed by atoms with Gasteiger partial charge >= 0.3 is 0 Å². The third-order valence-electron chi connectivity index (χ3n) is 5.32. The largest absolute Gasteiger partial charge is 0.381 e.